The number of H-pyrrole nitrogens is 1. The Balaban J connectivity index is 1.57. The number of hydrogen-bond donors (Lipinski definition) is 1. The molecule has 1 N–H and O–H groups in total. The number of carbonyl (C=O) groups is 1. The number of halogens is 1. The maximum absolute atomic E-state index is 12.9. The van der Waals surface area contributed by atoms with Crippen molar-refractivity contribution in [1.82, 2.24) is 14.9 Å². The maximum atomic E-state index is 12.9. The Morgan fingerprint density at radius 3 is 3.00 bits per heavy atom. The Morgan fingerprint density at radius 1 is 1.35 bits per heavy atom. The normalized spacial score (nSPS) is 14.5. The summed E-state index contributed by atoms with van der Waals surface area (Å²) in [5.74, 6) is -0.0122. The third kappa shape index (κ3) is 3.13. The second kappa shape index (κ2) is 7.17. The number of rotatable bonds is 3. The summed E-state index contributed by atoms with van der Waals surface area (Å²) in [6.07, 6.45) is 8.71. The molecule has 0 fully saturated rings. The van der Waals surface area contributed by atoms with Crippen molar-refractivity contribution in [1.29, 1.82) is 0 Å². The zero-order valence-electron chi connectivity index (χ0n) is 14.3. The van der Waals surface area contributed by atoms with E-state index in [-0.39, 0.29) is 5.91 Å². The topological polar surface area (TPSA) is 49.0 Å². The molecule has 0 bridgehead atoms. The van der Waals surface area contributed by atoms with Gasteiger partial charge in [-0.3, -0.25) is 4.79 Å². The van der Waals surface area contributed by atoms with E-state index in [0.717, 1.165) is 22.3 Å². The van der Waals surface area contributed by atoms with E-state index < -0.39 is 0 Å². The summed E-state index contributed by atoms with van der Waals surface area (Å²) in [6, 6.07) is 9.62. The Kier molecular flexibility index (Phi) is 4.74. The van der Waals surface area contributed by atoms with Gasteiger partial charge in [-0.05, 0) is 48.6 Å². The largest absolute Gasteiger partial charge is 0.346 e. The number of aromatic amines is 1. The van der Waals surface area contributed by atoms with Gasteiger partial charge in [-0.2, -0.15) is 0 Å². The lowest BCUT2D eigenvalue weighted by Crippen LogP contribution is -2.34. The lowest BCUT2D eigenvalue weighted by molar-refractivity contribution is 0.0773. The molecule has 1 amide bonds. The van der Waals surface area contributed by atoms with Crippen LogP contribution in [0.3, 0.4) is 0 Å². The fourth-order valence-electron chi connectivity index (χ4n) is 3.29. The van der Waals surface area contributed by atoms with Gasteiger partial charge in [0.05, 0.1) is 10.6 Å². The molecule has 26 heavy (non-hydrogen) atoms. The summed E-state index contributed by atoms with van der Waals surface area (Å²) in [4.78, 5) is 23.3. The highest BCUT2D eigenvalue weighted by Gasteiger charge is 2.22. The van der Waals surface area contributed by atoms with Gasteiger partial charge in [0.2, 0.25) is 0 Å². The Morgan fingerprint density at radius 2 is 2.23 bits per heavy atom. The summed E-state index contributed by atoms with van der Waals surface area (Å²) in [7, 11) is 0. The fraction of sp³-hybridized carbons (Fsp3) is 0.200. The van der Waals surface area contributed by atoms with E-state index in [4.69, 9.17) is 11.6 Å². The van der Waals surface area contributed by atoms with Crippen LogP contribution in [0.1, 0.15) is 22.3 Å². The number of fused-ring (bicyclic) bond motifs is 1. The third-order valence-corrected chi connectivity index (χ3v) is 5.75. The second-order valence-electron chi connectivity index (χ2n) is 6.18. The van der Waals surface area contributed by atoms with Crippen LogP contribution >= 0.6 is 23.4 Å². The summed E-state index contributed by atoms with van der Waals surface area (Å²) >= 11 is 7.86. The van der Waals surface area contributed by atoms with Crippen LogP contribution in [0.15, 0.2) is 53.7 Å². The van der Waals surface area contributed by atoms with Crippen LogP contribution in [0.4, 0.5) is 0 Å². The molecule has 0 aliphatic carbocycles. The molecule has 3 aromatic rings. The predicted molar refractivity (Wildman–Crippen MR) is 108 cm³/mol. The molecule has 0 radical (unpaired) electrons. The van der Waals surface area contributed by atoms with Gasteiger partial charge < -0.3 is 9.88 Å². The van der Waals surface area contributed by atoms with Crippen LogP contribution in [0.5, 0.6) is 0 Å². The average molecular weight is 384 g/mol. The second-order valence-corrected chi connectivity index (χ2v) is 7.47. The van der Waals surface area contributed by atoms with Crippen LogP contribution in [-0.2, 0) is 0 Å². The number of thioether (sulfide) groups is 1. The molecule has 0 unspecified atom stereocenters. The molecule has 0 saturated carbocycles. The number of pyridine rings is 1. The number of hydrogen-bond acceptors (Lipinski definition) is 3. The smallest absolute Gasteiger partial charge is 0.255 e. The van der Waals surface area contributed by atoms with Crippen LogP contribution in [0.25, 0.3) is 16.6 Å². The van der Waals surface area contributed by atoms with E-state index in [1.54, 1.807) is 24.0 Å². The van der Waals surface area contributed by atoms with Crippen LogP contribution in [0, 0.1) is 0 Å². The van der Waals surface area contributed by atoms with Crippen LogP contribution in [-0.4, -0.2) is 40.1 Å². The highest BCUT2D eigenvalue weighted by atomic mass is 35.5. The van der Waals surface area contributed by atoms with Crippen LogP contribution in [0.2, 0.25) is 5.02 Å². The molecule has 2 aromatic heterocycles. The first-order valence-corrected chi connectivity index (χ1v) is 10.0. The van der Waals surface area contributed by atoms with Gasteiger partial charge in [0.25, 0.3) is 5.91 Å². The van der Waals surface area contributed by atoms with Crippen molar-refractivity contribution in [3.05, 3.63) is 65.0 Å². The molecule has 0 saturated heterocycles. The van der Waals surface area contributed by atoms with Crippen molar-refractivity contribution >= 4 is 45.9 Å². The highest BCUT2D eigenvalue weighted by molar-refractivity contribution is 7.98. The highest BCUT2D eigenvalue weighted by Crippen LogP contribution is 2.30. The molecule has 4 rings (SSSR count). The van der Waals surface area contributed by atoms with Gasteiger partial charge >= 0.3 is 0 Å². The molecular weight excluding hydrogens is 366 g/mol. The first kappa shape index (κ1) is 17.2. The number of amides is 1. The average Bonchev–Trinajstić information content (AvgIpc) is 3.12. The standard InChI is InChI=1S/C20H18ClN3OS/c1-26-14-4-5-18(21)16(11-14)20(25)24-9-6-13(7-10-24)17-12-23-19-15(17)3-2-8-22-19/h2-6,8,11-12H,7,9-10H2,1H3,(H,22,23). The molecule has 3 heterocycles. The quantitative estimate of drug-likeness (QED) is 0.656. The van der Waals surface area contributed by atoms with Crippen molar-refractivity contribution in [3.63, 3.8) is 0 Å². The Hall–Kier alpha value is -2.24. The minimum Gasteiger partial charge on any atom is -0.346 e. The van der Waals surface area contributed by atoms with Gasteiger partial charge in [0, 0.05) is 41.3 Å². The van der Waals surface area contributed by atoms with E-state index in [1.165, 1.54) is 11.1 Å². The Labute approximate surface area is 161 Å². The monoisotopic (exact) mass is 383 g/mol. The summed E-state index contributed by atoms with van der Waals surface area (Å²) in [5.41, 5.74) is 3.88. The summed E-state index contributed by atoms with van der Waals surface area (Å²) in [5, 5.41) is 1.62. The van der Waals surface area contributed by atoms with E-state index in [0.29, 0.717) is 23.7 Å². The molecular formula is C20H18ClN3OS. The molecule has 1 aliphatic heterocycles. The summed E-state index contributed by atoms with van der Waals surface area (Å²) in [6.45, 7) is 1.26. The lowest BCUT2D eigenvalue weighted by atomic mass is 9.99. The Bertz CT molecular complexity index is 1010. The van der Waals surface area contributed by atoms with Crippen molar-refractivity contribution in [3.8, 4) is 0 Å². The third-order valence-electron chi connectivity index (χ3n) is 4.70. The lowest BCUT2D eigenvalue weighted by Gasteiger charge is -2.27. The van der Waals surface area contributed by atoms with Crippen LogP contribution < -0.4 is 0 Å². The molecule has 1 aromatic carbocycles. The molecule has 6 heteroatoms. The van der Waals surface area contributed by atoms with Gasteiger partial charge in [-0.25, -0.2) is 4.98 Å². The number of nitrogens with one attached hydrogen (secondary N) is 1. The van der Waals surface area contributed by atoms with Crippen molar-refractivity contribution in [2.45, 2.75) is 11.3 Å². The van der Waals surface area contributed by atoms with Crippen molar-refractivity contribution in [2.24, 2.45) is 0 Å². The maximum Gasteiger partial charge on any atom is 0.255 e. The molecule has 0 spiro atoms. The van der Waals surface area contributed by atoms with Crippen molar-refractivity contribution < 1.29 is 4.79 Å². The SMILES string of the molecule is CSc1ccc(Cl)c(C(=O)N2CC=C(c3c[nH]c4ncccc34)CC2)c1. The van der Waals surface area contributed by atoms with Gasteiger partial charge in [0.1, 0.15) is 5.65 Å². The van der Waals surface area contributed by atoms with E-state index in [2.05, 4.69) is 22.1 Å². The minimum absolute atomic E-state index is 0.0122. The fourth-order valence-corrected chi connectivity index (χ4v) is 3.92. The minimum atomic E-state index is -0.0122. The van der Waals surface area contributed by atoms with Gasteiger partial charge in [0.15, 0.2) is 0 Å². The number of benzene rings is 1. The molecule has 1 aliphatic rings. The van der Waals surface area contributed by atoms with E-state index >= 15 is 0 Å². The number of aromatic nitrogens is 2. The summed E-state index contributed by atoms with van der Waals surface area (Å²) < 4.78 is 0. The molecule has 0 atom stereocenters. The molecule has 132 valence electrons. The number of nitrogens with zero attached hydrogens (tertiary/aromatic N) is 2. The number of carbonyl (C=O) groups excluding carboxylic acids is 1. The zero-order chi connectivity index (χ0) is 18.1. The van der Waals surface area contributed by atoms with E-state index in [9.17, 15) is 4.79 Å². The molecule has 4 nitrogen and oxygen atoms in total. The first-order valence-electron chi connectivity index (χ1n) is 8.41. The first-order chi connectivity index (χ1) is 12.7. The zero-order valence-corrected chi connectivity index (χ0v) is 15.9. The predicted octanol–water partition coefficient (Wildman–Crippen LogP) is 4.87. The van der Waals surface area contributed by atoms with Gasteiger partial charge in [-0.15, -0.1) is 11.8 Å². The van der Waals surface area contributed by atoms with Crippen molar-refractivity contribution in [2.75, 3.05) is 19.3 Å². The van der Waals surface area contributed by atoms with E-state index in [1.807, 2.05) is 35.6 Å². The van der Waals surface area contributed by atoms with Gasteiger partial charge in [-0.1, -0.05) is 17.7 Å².